The van der Waals surface area contributed by atoms with Gasteiger partial charge in [-0.15, -0.1) is 0 Å². The van der Waals surface area contributed by atoms with Gasteiger partial charge in [0.2, 0.25) is 10.0 Å². The minimum atomic E-state index is -3.18. The quantitative estimate of drug-likeness (QED) is 0.860. The van der Waals surface area contributed by atoms with Gasteiger partial charge in [0, 0.05) is 10.7 Å². The molecule has 17 heavy (non-hydrogen) atoms. The van der Waals surface area contributed by atoms with E-state index in [1.165, 1.54) is 4.31 Å². The lowest BCUT2D eigenvalue weighted by molar-refractivity contribution is 0.492. The third-order valence-corrected chi connectivity index (χ3v) is 5.18. The number of hydrogen-bond donors (Lipinski definition) is 0. The van der Waals surface area contributed by atoms with E-state index in [9.17, 15) is 8.42 Å². The van der Waals surface area contributed by atoms with Crippen molar-refractivity contribution in [1.82, 2.24) is 4.31 Å². The number of fused-ring (bicyclic) bond motifs is 1. The normalized spacial score (nSPS) is 15.4. The van der Waals surface area contributed by atoms with Crippen LogP contribution in [0.5, 0.6) is 0 Å². The van der Waals surface area contributed by atoms with E-state index in [1.54, 1.807) is 6.20 Å². The summed E-state index contributed by atoms with van der Waals surface area (Å²) in [5, 5.41) is 0. The fraction of sp³-hybridized carbons (Fsp3) is 0.333. The van der Waals surface area contributed by atoms with Gasteiger partial charge in [0.1, 0.15) is 0 Å². The van der Waals surface area contributed by atoms with Crippen LogP contribution in [0.2, 0.25) is 0 Å². The molecule has 2 rings (SSSR count). The zero-order valence-electron chi connectivity index (χ0n) is 9.56. The highest BCUT2D eigenvalue weighted by Crippen LogP contribution is 2.32. The maximum atomic E-state index is 12.0. The number of benzene rings is 1. The summed E-state index contributed by atoms with van der Waals surface area (Å²) in [5.74, 6) is 0.186. The van der Waals surface area contributed by atoms with E-state index in [-0.39, 0.29) is 5.75 Å². The monoisotopic (exact) mass is 315 g/mol. The van der Waals surface area contributed by atoms with Crippen LogP contribution in [-0.4, -0.2) is 18.5 Å². The highest BCUT2D eigenvalue weighted by Gasteiger charge is 2.23. The predicted octanol–water partition coefficient (Wildman–Crippen LogP) is 2.94. The molecule has 0 radical (unpaired) electrons. The molecule has 3 nitrogen and oxygen atoms in total. The number of hydrogen-bond acceptors (Lipinski definition) is 2. The van der Waals surface area contributed by atoms with Crippen LogP contribution in [0.4, 0.5) is 0 Å². The molecular weight excluding hydrogens is 302 g/mol. The third kappa shape index (κ3) is 2.55. The van der Waals surface area contributed by atoms with E-state index < -0.39 is 10.0 Å². The molecule has 0 unspecified atom stereocenters. The van der Waals surface area contributed by atoms with E-state index in [1.807, 2.05) is 31.2 Å². The molecule has 0 aromatic heterocycles. The van der Waals surface area contributed by atoms with Gasteiger partial charge in [0.15, 0.2) is 0 Å². The summed E-state index contributed by atoms with van der Waals surface area (Å²) < 4.78 is 26.2. The SMILES string of the molecule is CCCS(=O)(=O)N1C=C(Br)c2ccccc2C1. The number of sulfonamides is 1. The summed E-state index contributed by atoms with van der Waals surface area (Å²) in [6.45, 7) is 2.29. The Morgan fingerprint density at radius 2 is 2.06 bits per heavy atom. The zero-order valence-corrected chi connectivity index (χ0v) is 12.0. The molecule has 1 heterocycles. The molecule has 0 aliphatic carbocycles. The van der Waals surface area contributed by atoms with Gasteiger partial charge < -0.3 is 0 Å². The van der Waals surface area contributed by atoms with Crippen molar-refractivity contribution in [2.24, 2.45) is 0 Å². The van der Waals surface area contributed by atoms with Crippen molar-refractivity contribution in [3.63, 3.8) is 0 Å². The van der Waals surface area contributed by atoms with Gasteiger partial charge in [-0.3, -0.25) is 4.31 Å². The van der Waals surface area contributed by atoms with Crippen molar-refractivity contribution in [3.8, 4) is 0 Å². The summed E-state index contributed by atoms with van der Waals surface area (Å²) >= 11 is 3.43. The fourth-order valence-electron chi connectivity index (χ4n) is 1.85. The molecule has 5 heteroatoms. The molecule has 92 valence electrons. The highest BCUT2D eigenvalue weighted by atomic mass is 79.9. The first-order valence-electron chi connectivity index (χ1n) is 5.49. The Morgan fingerprint density at radius 1 is 1.35 bits per heavy atom. The minimum absolute atomic E-state index is 0.186. The second kappa shape index (κ2) is 4.82. The molecule has 0 bridgehead atoms. The first-order valence-corrected chi connectivity index (χ1v) is 7.90. The smallest absolute Gasteiger partial charge is 0.234 e. The van der Waals surface area contributed by atoms with Gasteiger partial charge in [0.25, 0.3) is 0 Å². The predicted molar refractivity (Wildman–Crippen MR) is 73.0 cm³/mol. The van der Waals surface area contributed by atoms with Crippen LogP contribution >= 0.6 is 15.9 Å². The Kier molecular flexibility index (Phi) is 3.58. The summed E-state index contributed by atoms with van der Waals surface area (Å²) in [5.41, 5.74) is 2.09. The molecule has 0 atom stereocenters. The lowest BCUT2D eigenvalue weighted by atomic mass is 10.1. The van der Waals surface area contributed by atoms with Crippen molar-refractivity contribution >= 4 is 30.4 Å². The maximum Gasteiger partial charge on any atom is 0.234 e. The zero-order chi connectivity index (χ0) is 12.5. The Labute approximate surface area is 110 Å². The first-order chi connectivity index (χ1) is 8.04. The standard InChI is InChI=1S/C12H14BrNO2S/c1-2-7-17(15,16)14-8-10-5-3-4-6-11(10)12(13)9-14/h3-6,9H,2,7-8H2,1H3. The molecule has 0 amide bonds. The Bertz CT molecular complexity index is 551. The topological polar surface area (TPSA) is 37.4 Å². The third-order valence-electron chi connectivity index (χ3n) is 2.68. The molecule has 1 aromatic carbocycles. The number of rotatable bonds is 3. The second-order valence-corrected chi connectivity index (χ2v) is 6.89. The minimum Gasteiger partial charge on any atom is -0.272 e. The first kappa shape index (κ1) is 12.6. The van der Waals surface area contributed by atoms with Crippen LogP contribution < -0.4 is 0 Å². The summed E-state index contributed by atoms with van der Waals surface area (Å²) in [7, 11) is -3.18. The van der Waals surface area contributed by atoms with Gasteiger partial charge >= 0.3 is 0 Å². The van der Waals surface area contributed by atoms with E-state index in [0.29, 0.717) is 13.0 Å². The van der Waals surface area contributed by atoms with Crippen LogP contribution in [-0.2, 0) is 16.6 Å². The van der Waals surface area contributed by atoms with Crippen molar-refractivity contribution in [1.29, 1.82) is 0 Å². The molecule has 1 aliphatic rings. The Morgan fingerprint density at radius 3 is 2.76 bits per heavy atom. The molecule has 0 N–H and O–H groups in total. The van der Waals surface area contributed by atoms with E-state index in [2.05, 4.69) is 15.9 Å². The average Bonchev–Trinajstić information content (AvgIpc) is 2.29. The molecule has 0 saturated heterocycles. The average molecular weight is 316 g/mol. The summed E-state index contributed by atoms with van der Waals surface area (Å²) in [6, 6.07) is 7.82. The van der Waals surface area contributed by atoms with Gasteiger partial charge in [-0.2, -0.15) is 0 Å². The Hall–Kier alpha value is -0.810. The lowest BCUT2D eigenvalue weighted by Gasteiger charge is -2.26. The molecule has 1 aliphatic heterocycles. The van der Waals surface area contributed by atoms with E-state index in [4.69, 9.17) is 0 Å². The summed E-state index contributed by atoms with van der Waals surface area (Å²) in [4.78, 5) is 0. The van der Waals surface area contributed by atoms with Crippen molar-refractivity contribution in [3.05, 3.63) is 41.6 Å². The van der Waals surface area contributed by atoms with Crippen molar-refractivity contribution < 1.29 is 8.42 Å². The van der Waals surface area contributed by atoms with Crippen LogP contribution in [0.3, 0.4) is 0 Å². The largest absolute Gasteiger partial charge is 0.272 e. The molecule has 0 spiro atoms. The van der Waals surface area contributed by atoms with Gasteiger partial charge in [0.05, 0.1) is 12.3 Å². The summed E-state index contributed by atoms with van der Waals surface area (Å²) in [6.07, 6.45) is 2.29. The highest BCUT2D eigenvalue weighted by molar-refractivity contribution is 9.15. The van der Waals surface area contributed by atoms with E-state index in [0.717, 1.165) is 15.6 Å². The van der Waals surface area contributed by atoms with Gasteiger partial charge in [-0.1, -0.05) is 31.2 Å². The van der Waals surface area contributed by atoms with Crippen LogP contribution in [0.1, 0.15) is 24.5 Å². The van der Waals surface area contributed by atoms with Crippen LogP contribution in [0.25, 0.3) is 4.48 Å². The van der Waals surface area contributed by atoms with Crippen LogP contribution in [0.15, 0.2) is 30.5 Å². The van der Waals surface area contributed by atoms with Gasteiger partial charge in [-0.05, 0) is 33.5 Å². The number of halogens is 1. The maximum absolute atomic E-state index is 12.0. The van der Waals surface area contributed by atoms with Crippen molar-refractivity contribution in [2.75, 3.05) is 5.75 Å². The number of nitrogens with zero attached hydrogens (tertiary/aromatic N) is 1. The lowest BCUT2D eigenvalue weighted by Crippen LogP contribution is -2.30. The molecule has 0 fully saturated rings. The molecular formula is C12H14BrNO2S. The van der Waals surface area contributed by atoms with Gasteiger partial charge in [-0.25, -0.2) is 8.42 Å². The molecule has 1 aromatic rings. The van der Waals surface area contributed by atoms with E-state index >= 15 is 0 Å². The Balaban J connectivity index is 2.37. The fourth-order valence-corrected chi connectivity index (χ4v) is 3.98. The second-order valence-electron chi connectivity index (χ2n) is 4.00. The molecule has 0 saturated carbocycles. The van der Waals surface area contributed by atoms with Crippen LogP contribution in [0, 0.1) is 0 Å². The van der Waals surface area contributed by atoms with Crippen molar-refractivity contribution in [2.45, 2.75) is 19.9 Å².